The first-order valence-electron chi connectivity index (χ1n) is 7.56. The summed E-state index contributed by atoms with van der Waals surface area (Å²) < 4.78 is 2.52. The number of likely N-dealkylation sites (N-methyl/N-ethyl adjacent to an activating group) is 1. The average molecular weight is 288 g/mol. The van der Waals surface area contributed by atoms with Crippen molar-refractivity contribution in [3.8, 4) is 0 Å². The molecule has 0 N–H and O–H groups in total. The molecule has 3 heteroatoms. The van der Waals surface area contributed by atoms with E-state index in [0.29, 0.717) is 6.04 Å². The lowest BCUT2D eigenvalue weighted by Crippen LogP contribution is -2.15. The zero-order chi connectivity index (χ0) is 13.9. The molecule has 0 aliphatic carbocycles. The normalized spacial score (nSPS) is 17.1. The third kappa shape index (κ3) is 3.04. The minimum absolute atomic E-state index is 0.706. The van der Waals surface area contributed by atoms with Gasteiger partial charge < -0.3 is 9.47 Å². The van der Waals surface area contributed by atoms with E-state index in [1.165, 1.54) is 40.8 Å². The van der Waals surface area contributed by atoms with Crippen LogP contribution in [-0.2, 0) is 6.42 Å². The molecule has 1 aliphatic heterocycles. The van der Waals surface area contributed by atoms with Crippen molar-refractivity contribution in [1.82, 2.24) is 9.47 Å². The van der Waals surface area contributed by atoms with E-state index in [2.05, 4.69) is 65.8 Å². The Morgan fingerprint density at radius 2 is 2.00 bits per heavy atom. The SMILES string of the molecule is CN(C)CCc1ccc2ccn(C3CCSCC3)c2c1. The van der Waals surface area contributed by atoms with Gasteiger partial charge in [0.25, 0.3) is 0 Å². The summed E-state index contributed by atoms with van der Waals surface area (Å²) in [7, 11) is 4.28. The Morgan fingerprint density at radius 1 is 1.20 bits per heavy atom. The number of aromatic nitrogens is 1. The Labute approximate surface area is 126 Å². The predicted octanol–water partition coefficient (Wildman–Crippen LogP) is 3.81. The molecule has 1 aromatic heterocycles. The van der Waals surface area contributed by atoms with Gasteiger partial charge in [0.2, 0.25) is 0 Å². The Kier molecular flexibility index (Phi) is 4.37. The number of nitrogens with zero attached hydrogens (tertiary/aromatic N) is 2. The largest absolute Gasteiger partial charge is 0.344 e. The van der Waals surface area contributed by atoms with Gasteiger partial charge in [0.05, 0.1) is 0 Å². The molecule has 0 spiro atoms. The quantitative estimate of drug-likeness (QED) is 0.845. The average Bonchev–Trinajstić information content (AvgIpc) is 2.89. The van der Waals surface area contributed by atoms with E-state index in [1.54, 1.807) is 0 Å². The van der Waals surface area contributed by atoms with Gasteiger partial charge in [0.1, 0.15) is 0 Å². The second kappa shape index (κ2) is 6.23. The summed E-state index contributed by atoms with van der Waals surface area (Å²) in [6, 6.07) is 9.95. The molecular weight excluding hydrogens is 264 g/mol. The molecule has 1 fully saturated rings. The standard InChI is InChI=1S/C17H24N2S/c1-18(2)9-5-14-3-4-15-6-10-19(17(15)13-14)16-7-11-20-12-8-16/h3-4,6,10,13,16H,5,7-9,11-12H2,1-2H3. The number of hydrogen-bond donors (Lipinski definition) is 0. The van der Waals surface area contributed by atoms with Crippen molar-refractivity contribution in [2.45, 2.75) is 25.3 Å². The summed E-state index contributed by atoms with van der Waals surface area (Å²) in [6.45, 7) is 1.12. The molecule has 0 unspecified atom stereocenters. The van der Waals surface area contributed by atoms with Crippen LogP contribution in [0.3, 0.4) is 0 Å². The van der Waals surface area contributed by atoms with Crippen molar-refractivity contribution in [3.63, 3.8) is 0 Å². The summed E-state index contributed by atoms with van der Waals surface area (Å²) in [5, 5.41) is 1.39. The summed E-state index contributed by atoms with van der Waals surface area (Å²) in [4.78, 5) is 2.25. The van der Waals surface area contributed by atoms with Crippen LogP contribution in [-0.4, -0.2) is 41.6 Å². The van der Waals surface area contributed by atoms with Gasteiger partial charge in [-0.1, -0.05) is 12.1 Å². The summed E-state index contributed by atoms with van der Waals surface area (Å²) >= 11 is 2.10. The molecular formula is C17H24N2S. The molecule has 1 saturated heterocycles. The van der Waals surface area contributed by atoms with Crippen LogP contribution in [0, 0.1) is 0 Å². The van der Waals surface area contributed by atoms with Crippen molar-refractivity contribution < 1.29 is 0 Å². The van der Waals surface area contributed by atoms with Crippen LogP contribution in [0.15, 0.2) is 30.5 Å². The second-order valence-electron chi connectivity index (χ2n) is 6.01. The molecule has 20 heavy (non-hydrogen) atoms. The smallest absolute Gasteiger partial charge is 0.0485 e. The first-order chi connectivity index (χ1) is 9.74. The molecule has 2 nitrogen and oxygen atoms in total. The van der Waals surface area contributed by atoms with Crippen molar-refractivity contribution in [1.29, 1.82) is 0 Å². The van der Waals surface area contributed by atoms with Gasteiger partial charge in [-0.25, -0.2) is 0 Å². The van der Waals surface area contributed by atoms with Crippen LogP contribution < -0.4 is 0 Å². The van der Waals surface area contributed by atoms with Crippen molar-refractivity contribution in [2.24, 2.45) is 0 Å². The lowest BCUT2D eigenvalue weighted by atomic mass is 10.1. The molecule has 1 aromatic carbocycles. The lowest BCUT2D eigenvalue weighted by Gasteiger charge is -2.24. The predicted molar refractivity (Wildman–Crippen MR) is 89.8 cm³/mol. The van der Waals surface area contributed by atoms with E-state index in [0.717, 1.165) is 13.0 Å². The van der Waals surface area contributed by atoms with Crippen LogP contribution in [0.25, 0.3) is 10.9 Å². The zero-order valence-electron chi connectivity index (χ0n) is 12.5. The van der Waals surface area contributed by atoms with E-state index < -0.39 is 0 Å². The second-order valence-corrected chi connectivity index (χ2v) is 7.24. The lowest BCUT2D eigenvalue weighted by molar-refractivity contribution is 0.413. The van der Waals surface area contributed by atoms with Gasteiger partial charge in [0.15, 0.2) is 0 Å². The molecule has 2 heterocycles. The molecule has 0 atom stereocenters. The van der Waals surface area contributed by atoms with E-state index >= 15 is 0 Å². The van der Waals surface area contributed by atoms with Gasteiger partial charge in [-0.15, -0.1) is 0 Å². The maximum Gasteiger partial charge on any atom is 0.0485 e. The van der Waals surface area contributed by atoms with Gasteiger partial charge in [-0.3, -0.25) is 0 Å². The molecule has 108 valence electrons. The fourth-order valence-electron chi connectivity index (χ4n) is 2.98. The number of thioether (sulfide) groups is 1. The highest BCUT2D eigenvalue weighted by Crippen LogP contribution is 2.31. The molecule has 2 aromatic rings. The van der Waals surface area contributed by atoms with E-state index in [-0.39, 0.29) is 0 Å². The topological polar surface area (TPSA) is 8.17 Å². The van der Waals surface area contributed by atoms with E-state index in [1.807, 2.05) is 0 Å². The first kappa shape index (κ1) is 14.0. The van der Waals surface area contributed by atoms with E-state index in [9.17, 15) is 0 Å². The monoisotopic (exact) mass is 288 g/mol. The van der Waals surface area contributed by atoms with Crippen molar-refractivity contribution >= 4 is 22.7 Å². The molecule has 1 aliphatic rings. The van der Waals surface area contributed by atoms with Crippen LogP contribution in [0.5, 0.6) is 0 Å². The highest BCUT2D eigenvalue weighted by atomic mass is 32.2. The summed E-state index contributed by atoms with van der Waals surface area (Å²) in [5.74, 6) is 2.62. The van der Waals surface area contributed by atoms with Gasteiger partial charge >= 0.3 is 0 Å². The van der Waals surface area contributed by atoms with Crippen LogP contribution in [0.4, 0.5) is 0 Å². The Bertz CT molecular complexity index is 567. The minimum atomic E-state index is 0.706. The third-order valence-corrected chi connectivity index (χ3v) is 5.27. The number of fused-ring (bicyclic) bond motifs is 1. The number of benzene rings is 1. The Balaban J connectivity index is 1.86. The molecule has 0 amide bonds. The third-order valence-electron chi connectivity index (χ3n) is 4.22. The van der Waals surface area contributed by atoms with Gasteiger partial charge in [-0.05, 0) is 67.9 Å². The fourth-order valence-corrected chi connectivity index (χ4v) is 4.07. The van der Waals surface area contributed by atoms with Gasteiger partial charge in [-0.2, -0.15) is 11.8 Å². The van der Waals surface area contributed by atoms with E-state index in [4.69, 9.17) is 0 Å². The number of hydrogen-bond acceptors (Lipinski definition) is 2. The van der Waals surface area contributed by atoms with Crippen molar-refractivity contribution in [3.05, 3.63) is 36.0 Å². The molecule has 0 bridgehead atoms. The first-order valence-corrected chi connectivity index (χ1v) is 8.71. The fraction of sp³-hybridized carbons (Fsp3) is 0.529. The van der Waals surface area contributed by atoms with Crippen LogP contribution in [0.1, 0.15) is 24.4 Å². The number of rotatable bonds is 4. The Hall–Kier alpha value is -0.930. The zero-order valence-corrected chi connectivity index (χ0v) is 13.3. The molecule has 0 saturated carbocycles. The van der Waals surface area contributed by atoms with Crippen LogP contribution in [0.2, 0.25) is 0 Å². The maximum absolute atomic E-state index is 2.52. The maximum atomic E-state index is 2.52. The summed E-state index contributed by atoms with van der Waals surface area (Å²) in [5.41, 5.74) is 2.88. The molecule has 0 radical (unpaired) electrons. The van der Waals surface area contributed by atoms with Crippen LogP contribution >= 0.6 is 11.8 Å². The van der Waals surface area contributed by atoms with Gasteiger partial charge in [0, 0.05) is 24.3 Å². The highest BCUT2D eigenvalue weighted by Gasteiger charge is 2.16. The minimum Gasteiger partial charge on any atom is -0.344 e. The highest BCUT2D eigenvalue weighted by molar-refractivity contribution is 7.99. The Morgan fingerprint density at radius 3 is 2.75 bits per heavy atom. The summed E-state index contributed by atoms with van der Waals surface area (Å²) in [6.07, 6.45) is 6.06. The molecule has 3 rings (SSSR count). The van der Waals surface area contributed by atoms with Crippen molar-refractivity contribution in [2.75, 3.05) is 32.1 Å².